The van der Waals surface area contributed by atoms with Crippen LogP contribution in [-0.2, 0) is 0 Å². The number of benzene rings is 1. The predicted molar refractivity (Wildman–Crippen MR) is 71.5 cm³/mol. The maximum Gasteiger partial charge on any atom is 0.0660 e. The van der Waals surface area contributed by atoms with Gasteiger partial charge in [-0.05, 0) is 36.8 Å². The molecule has 1 unspecified atom stereocenters. The fourth-order valence-electron chi connectivity index (χ4n) is 1.53. The van der Waals surface area contributed by atoms with Gasteiger partial charge in [-0.15, -0.1) is 11.3 Å². The third kappa shape index (κ3) is 2.41. The van der Waals surface area contributed by atoms with Crippen molar-refractivity contribution in [2.24, 2.45) is 5.73 Å². The zero-order valence-corrected chi connectivity index (χ0v) is 11.0. The van der Waals surface area contributed by atoms with Crippen molar-refractivity contribution < 1.29 is 0 Å². The minimum atomic E-state index is -0.177. The Balaban J connectivity index is 2.37. The van der Waals surface area contributed by atoms with Crippen LogP contribution in [0.25, 0.3) is 0 Å². The van der Waals surface area contributed by atoms with Crippen molar-refractivity contribution in [1.82, 2.24) is 0 Å². The SMILES string of the molecule is Cc1ccc(C(N)c2ccc(Cl)cc2Cl)s1. The van der Waals surface area contributed by atoms with Crippen LogP contribution in [0, 0.1) is 6.92 Å². The van der Waals surface area contributed by atoms with Gasteiger partial charge in [0, 0.05) is 19.8 Å². The largest absolute Gasteiger partial charge is 0.320 e. The van der Waals surface area contributed by atoms with Crippen LogP contribution in [0.5, 0.6) is 0 Å². The highest BCUT2D eigenvalue weighted by molar-refractivity contribution is 7.12. The number of hydrogen-bond donors (Lipinski definition) is 1. The van der Waals surface area contributed by atoms with Gasteiger partial charge in [0.25, 0.3) is 0 Å². The van der Waals surface area contributed by atoms with Gasteiger partial charge in [0.15, 0.2) is 0 Å². The molecule has 0 bridgehead atoms. The maximum atomic E-state index is 6.16. The second kappa shape index (κ2) is 4.76. The molecule has 0 radical (unpaired) electrons. The molecule has 2 rings (SSSR count). The molecular weight excluding hydrogens is 261 g/mol. The van der Waals surface area contributed by atoms with E-state index in [1.54, 1.807) is 17.4 Å². The fraction of sp³-hybridized carbons (Fsp3) is 0.167. The fourth-order valence-corrected chi connectivity index (χ4v) is 2.95. The van der Waals surface area contributed by atoms with Crippen LogP contribution in [-0.4, -0.2) is 0 Å². The molecule has 1 atom stereocenters. The second-order valence-electron chi connectivity index (χ2n) is 3.59. The number of aryl methyl sites for hydroxylation is 1. The van der Waals surface area contributed by atoms with E-state index in [4.69, 9.17) is 28.9 Å². The molecule has 0 saturated heterocycles. The highest BCUT2D eigenvalue weighted by atomic mass is 35.5. The van der Waals surface area contributed by atoms with E-state index in [2.05, 4.69) is 13.0 Å². The van der Waals surface area contributed by atoms with Crippen molar-refractivity contribution in [3.05, 3.63) is 55.7 Å². The highest BCUT2D eigenvalue weighted by Gasteiger charge is 2.14. The Morgan fingerprint density at radius 3 is 2.50 bits per heavy atom. The van der Waals surface area contributed by atoms with Crippen LogP contribution in [0.3, 0.4) is 0 Å². The molecular formula is C12H11Cl2NS. The summed E-state index contributed by atoms with van der Waals surface area (Å²) in [5.41, 5.74) is 7.07. The summed E-state index contributed by atoms with van der Waals surface area (Å²) in [5.74, 6) is 0. The number of rotatable bonds is 2. The van der Waals surface area contributed by atoms with Gasteiger partial charge in [-0.3, -0.25) is 0 Å². The quantitative estimate of drug-likeness (QED) is 0.860. The van der Waals surface area contributed by atoms with Gasteiger partial charge in [0.1, 0.15) is 0 Å². The van der Waals surface area contributed by atoms with Crippen molar-refractivity contribution in [3.63, 3.8) is 0 Å². The van der Waals surface area contributed by atoms with Crippen LogP contribution in [0.1, 0.15) is 21.4 Å². The second-order valence-corrected chi connectivity index (χ2v) is 5.76. The Morgan fingerprint density at radius 1 is 1.19 bits per heavy atom. The smallest absolute Gasteiger partial charge is 0.0660 e. The summed E-state index contributed by atoms with van der Waals surface area (Å²) in [6.45, 7) is 2.06. The summed E-state index contributed by atoms with van der Waals surface area (Å²) >= 11 is 13.7. The molecule has 1 nitrogen and oxygen atoms in total. The minimum absolute atomic E-state index is 0.177. The van der Waals surface area contributed by atoms with Crippen molar-refractivity contribution in [1.29, 1.82) is 0 Å². The summed E-state index contributed by atoms with van der Waals surface area (Å²) in [6.07, 6.45) is 0. The first-order valence-electron chi connectivity index (χ1n) is 4.85. The number of halogens is 2. The van der Waals surface area contributed by atoms with E-state index < -0.39 is 0 Å². The normalized spacial score (nSPS) is 12.8. The molecule has 0 amide bonds. The number of hydrogen-bond acceptors (Lipinski definition) is 2. The van der Waals surface area contributed by atoms with Gasteiger partial charge in [0.2, 0.25) is 0 Å². The lowest BCUT2D eigenvalue weighted by Gasteiger charge is -2.12. The van der Waals surface area contributed by atoms with Gasteiger partial charge in [-0.25, -0.2) is 0 Å². The number of nitrogens with two attached hydrogens (primary N) is 1. The van der Waals surface area contributed by atoms with Crippen LogP contribution in [0.2, 0.25) is 10.0 Å². The third-order valence-electron chi connectivity index (χ3n) is 2.37. The molecule has 1 heterocycles. The number of thiophene rings is 1. The molecule has 4 heteroatoms. The molecule has 1 aromatic carbocycles. The molecule has 0 aliphatic carbocycles. The molecule has 1 aromatic heterocycles. The Labute approximate surface area is 109 Å². The summed E-state index contributed by atoms with van der Waals surface area (Å²) in [5, 5.41) is 1.24. The van der Waals surface area contributed by atoms with E-state index in [0.717, 1.165) is 10.4 Å². The van der Waals surface area contributed by atoms with E-state index in [1.165, 1.54) is 4.88 Å². The summed E-state index contributed by atoms with van der Waals surface area (Å²) in [6, 6.07) is 9.33. The average Bonchev–Trinajstić information content (AvgIpc) is 2.64. The van der Waals surface area contributed by atoms with Gasteiger partial charge < -0.3 is 5.73 Å². The van der Waals surface area contributed by atoms with E-state index in [1.807, 2.05) is 18.2 Å². The van der Waals surface area contributed by atoms with E-state index in [9.17, 15) is 0 Å². The molecule has 0 fully saturated rings. The van der Waals surface area contributed by atoms with Crippen LogP contribution >= 0.6 is 34.5 Å². The Hall–Kier alpha value is -0.540. The van der Waals surface area contributed by atoms with Gasteiger partial charge in [0.05, 0.1) is 6.04 Å². The van der Waals surface area contributed by atoms with Crippen molar-refractivity contribution in [2.45, 2.75) is 13.0 Å². The topological polar surface area (TPSA) is 26.0 Å². The highest BCUT2D eigenvalue weighted by Crippen LogP contribution is 2.31. The maximum absolute atomic E-state index is 6.16. The minimum Gasteiger partial charge on any atom is -0.320 e. The van der Waals surface area contributed by atoms with Gasteiger partial charge in [-0.2, -0.15) is 0 Å². The molecule has 2 aromatic rings. The summed E-state index contributed by atoms with van der Waals surface area (Å²) in [7, 11) is 0. The van der Waals surface area contributed by atoms with E-state index in [-0.39, 0.29) is 6.04 Å². The predicted octanol–water partition coefficient (Wildman–Crippen LogP) is 4.41. The molecule has 84 valence electrons. The van der Waals surface area contributed by atoms with Crippen molar-refractivity contribution >= 4 is 34.5 Å². The lowest BCUT2D eigenvalue weighted by Crippen LogP contribution is -2.10. The van der Waals surface area contributed by atoms with Crippen LogP contribution < -0.4 is 5.73 Å². The average molecular weight is 272 g/mol. The van der Waals surface area contributed by atoms with E-state index >= 15 is 0 Å². The lowest BCUT2D eigenvalue weighted by atomic mass is 10.1. The summed E-state index contributed by atoms with van der Waals surface area (Å²) in [4.78, 5) is 2.36. The Bertz CT molecular complexity index is 507. The molecule has 0 saturated carbocycles. The Kier molecular flexibility index (Phi) is 3.55. The first-order chi connectivity index (χ1) is 7.58. The van der Waals surface area contributed by atoms with E-state index in [0.29, 0.717) is 10.0 Å². The molecule has 0 spiro atoms. The standard InChI is InChI=1S/C12H11Cl2NS/c1-7-2-5-11(16-7)12(15)9-4-3-8(13)6-10(9)14/h2-6,12H,15H2,1H3. The van der Waals surface area contributed by atoms with Crippen molar-refractivity contribution in [2.75, 3.05) is 0 Å². The molecule has 0 aliphatic heterocycles. The Morgan fingerprint density at radius 2 is 1.94 bits per heavy atom. The summed E-state index contributed by atoms with van der Waals surface area (Å²) < 4.78 is 0. The van der Waals surface area contributed by atoms with Gasteiger partial charge >= 0.3 is 0 Å². The van der Waals surface area contributed by atoms with Crippen LogP contribution in [0.15, 0.2) is 30.3 Å². The zero-order chi connectivity index (χ0) is 11.7. The van der Waals surface area contributed by atoms with Crippen LogP contribution in [0.4, 0.5) is 0 Å². The molecule has 2 N–H and O–H groups in total. The molecule has 0 aliphatic rings. The monoisotopic (exact) mass is 271 g/mol. The zero-order valence-electron chi connectivity index (χ0n) is 8.71. The van der Waals surface area contributed by atoms with Gasteiger partial charge in [-0.1, -0.05) is 29.3 Å². The lowest BCUT2D eigenvalue weighted by molar-refractivity contribution is 0.894. The first kappa shape index (κ1) is 11.9. The third-order valence-corrected chi connectivity index (χ3v) is 4.01. The van der Waals surface area contributed by atoms with Crippen molar-refractivity contribution in [3.8, 4) is 0 Å². The first-order valence-corrected chi connectivity index (χ1v) is 6.42. The molecule has 16 heavy (non-hydrogen) atoms.